The second kappa shape index (κ2) is 15.8. The number of hydrogen-bond acceptors (Lipinski definition) is 8. The van der Waals surface area contributed by atoms with Crippen LogP contribution in [0.3, 0.4) is 0 Å². The molecule has 1 aromatic heterocycles. The molecule has 41 heavy (non-hydrogen) atoms. The topological polar surface area (TPSA) is 167 Å². The zero-order valence-electron chi connectivity index (χ0n) is 22.3. The first-order chi connectivity index (χ1) is 19.4. The van der Waals surface area contributed by atoms with Gasteiger partial charge in [-0.1, -0.05) is 35.3 Å². The molecule has 0 amide bonds. The van der Waals surface area contributed by atoms with E-state index in [0.717, 1.165) is 42.3 Å². The average Bonchev–Trinajstić information content (AvgIpc) is 2.90. The third kappa shape index (κ3) is 10.9. The van der Waals surface area contributed by atoms with E-state index in [1.54, 1.807) is 14.2 Å². The van der Waals surface area contributed by atoms with Crippen LogP contribution in [-0.2, 0) is 34.0 Å². The first-order valence-electron chi connectivity index (χ1n) is 12.0. The minimum atomic E-state index is -2.74. The minimum Gasteiger partial charge on any atom is -0.493 e. The van der Waals surface area contributed by atoms with E-state index in [-0.39, 0.29) is 0 Å². The number of carboxylic acid groups (broad SMARTS) is 3. The highest BCUT2D eigenvalue weighted by Gasteiger charge is 2.40. The Labute approximate surface area is 246 Å². The Morgan fingerprint density at radius 3 is 1.76 bits per heavy atom. The average molecular weight is 609 g/mol. The number of rotatable bonds is 13. The lowest BCUT2D eigenvalue weighted by Crippen LogP contribution is -2.42. The van der Waals surface area contributed by atoms with Crippen molar-refractivity contribution in [3.63, 3.8) is 0 Å². The number of carboxylic acids is 3. The van der Waals surface area contributed by atoms with Crippen molar-refractivity contribution in [2.45, 2.75) is 38.1 Å². The monoisotopic (exact) mass is 608 g/mol. The number of aliphatic hydroxyl groups is 1. The van der Waals surface area contributed by atoms with Crippen LogP contribution >= 0.6 is 23.2 Å². The van der Waals surface area contributed by atoms with Crippen LogP contribution in [0.5, 0.6) is 11.5 Å². The van der Waals surface area contributed by atoms with Crippen molar-refractivity contribution in [3.05, 3.63) is 87.7 Å². The number of nitrogens with zero attached hydrogens (tertiary/aromatic N) is 2. The molecule has 0 unspecified atom stereocenters. The molecular weight excluding hydrogens is 579 g/mol. The number of carbonyl (C=O) groups is 3. The van der Waals surface area contributed by atoms with Gasteiger partial charge in [0, 0.05) is 32.0 Å². The fraction of sp³-hybridized carbons (Fsp3) is 0.286. The van der Waals surface area contributed by atoms with E-state index in [2.05, 4.69) is 16.0 Å². The molecule has 3 aromatic rings. The Hall–Kier alpha value is -3.90. The van der Waals surface area contributed by atoms with Crippen LogP contribution in [0, 0.1) is 0 Å². The first kappa shape index (κ1) is 33.3. The molecule has 0 aliphatic heterocycles. The maximum absolute atomic E-state index is 10.3. The van der Waals surface area contributed by atoms with Gasteiger partial charge in [-0.3, -0.25) is 19.5 Å². The quantitative estimate of drug-likeness (QED) is 0.217. The van der Waals surface area contributed by atoms with Crippen molar-refractivity contribution < 1.29 is 44.3 Å². The summed E-state index contributed by atoms with van der Waals surface area (Å²) in [5.41, 5.74) is 0.684. The molecule has 0 aliphatic rings. The molecule has 0 saturated heterocycles. The van der Waals surface area contributed by atoms with Gasteiger partial charge in [0.1, 0.15) is 0 Å². The molecule has 220 valence electrons. The van der Waals surface area contributed by atoms with E-state index >= 15 is 0 Å². The van der Waals surface area contributed by atoms with E-state index in [9.17, 15) is 14.4 Å². The number of halogens is 2. The Bertz CT molecular complexity index is 1320. The molecule has 0 aliphatic carbocycles. The highest BCUT2D eigenvalue weighted by Crippen LogP contribution is 2.29. The van der Waals surface area contributed by atoms with Crippen LogP contribution in [0.4, 0.5) is 0 Å². The third-order valence-electron chi connectivity index (χ3n) is 5.69. The summed E-state index contributed by atoms with van der Waals surface area (Å²) in [5.74, 6) is -3.58. The number of methoxy groups -OCH3 is 2. The van der Waals surface area contributed by atoms with Crippen LogP contribution in [0.25, 0.3) is 0 Å². The van der Waals surface area contributed by atoms with Gasteiger partial charge < -0.3 is 29.9 Å². The molecule has 13 heteroatoms. The lowest BCUT2D eigenvalue weighted by Gasteiger charge is -2.23. The summed E-state index contributed by atoms with van der Waals surface area (Å²) in [6, 6.07) is 15.8. The van der Waals surface area contributed by atoms with Crippen LogP contribution in [0.2, 0.25) is 10.0 Å². The van der Waals surface area contributed by atoms with Crippen molar-refractivity contribution in [2.24, 2.45) is 0 Å². The lowest BCUT2D eigenvalue weighted by molar-refractivity contribution is -0.170. The van der Waals surface area contributed by atoms with E-state index in [0.29, 0.717) is 10.0 Å². The third-order valence-corrected chi connectivity index (χ3v) is 6.42. The summed E-state index contributed by atoms with van der Waals surface area (Å²) in [7, 11) is 3.28. The number of aliphatic carboxylic acids is 3. The van der Waals surface area contributed by atoms with E-state index < -0.39 is 36.4 Å². The second-order valence-electron chi connectivity index (χ2n) is 8.92. The second-order valence-corrected chi connectivity index (χ2v) is 9.73. The van der Waals surface area contributed by atoms with Crippen molar-refractivity contribution in [1.82, 2.24) is 9.88 Å². The summed E-state index contributed by atoms with van der Waals surface area (Å²) in [5, 5.41) is 34.9. The van der Waals surface area contributed by atoms with Crippen molar-refractivity contribution >= 4 is 41.1 Å². The van der Waals surface area contributed by atoms with Gasteiger partial charge >= 0.3 is 17.9 Å². The molecule has 0 saturated carbocycles. The number of pyridine rings is 1. The molecule has 0 spiro atoms. The van der Waals surface area contributed by atoms with Gasteiger partial charge in [-0.05, 0) is 53.1 Å². The predicted molar refractivity (Wildman–Crippen MR) is 150 cm³/mol. The Morgan fingerprint density at radius 2 is 1.27 bits per heavy atom. The van der Waals surface area contributed by atoms with Crippen LogP contribution in [0.15, 0.2) is 60.9 Å². The van der Waals surface area contributed by atoms with Gasteiger partial charge in [-0.25, -0.2) is 4.79 Å². The first-order valence-corrected chi connectivity index (χ1v) is 12.8. The van der Waals surface area contributed by atoms with E-state index in [1.165, 1.54) is 5.56 Å². The summed E-state index contributed by atoms with van der Waals surface area (Å²) in [4.78, 5) is 36.9. The van der Waals surface area contributed by atoms with Crippen LogP contribution < -0.4 is 9.47 Å². The van der Waals surface area contributed by atoms with Gasteiger partial charge in [0.2, 0.25) is 0 Å². The maximum atomic E-state index is 10.3. The summed E-state index contributed by atoms with van der Waals surface area (Å²) >= 11 is 12.3. The normalized spacial score (nSPS) is 10.9. The standard InChI is InChI=1S/C22H22Cl2N2O2.C6H8O7/c1-27-21-6-4-18(12-22(21)28-2)15-26(13-16-7-9-25-10-8-16)14-17-3-5-19(23)20(24)11-17;7-3(8)1-6(13,5(11)12)2-4(9)10/h3-12H,13-15H2,1-2H3;13H,1-2H2,(H,7,8)(H,9,10)(H,11,12). The van der Waals surface area contributed by atoms with E-state index in [4.69, 9.17) is 53.1 Å². The van der Waals surface area contributed by atoms with Gasteiger partial charge in [0.05, 0.1) is 37.1 Å². The van der Waals surface area contributed by atoms with Crippen LogP contribution in [-0.4, -0.2) is 68.0 Å². The van der Waals surface area contributed by atoms with Crippen LogP contribution in [0.1, 0.15) is 29.5 Å². The molecule has 0 radical (unpaired) electrons. The Balaban J connectivity index is 0.000000383. The molecule has 1 heterocycles. The molecule has 3 rings (SSSR count). The Kier molecular flexibility index (Phi) is 12.8. The lowest BCUT2D eigenvalue weighted by atomic mass is 9.96. The Morgan fingerprint density at radius 1 is 0.756 bits per heavy atom. The molecule has 0 atom stereocenters. The summed E-state index contributed by atoms with van der Waals surface area (Å²) < 4.78 is 10.8. The number of ether oxygens (including phenoxy) is 2. The zero-order chi connectivity index (χ0) is 30.6. The molecule has 11 nitrogen and oxygen atoms in total. The highest BCUT2D eigenvalue weighted by molar-refractivity contribution is 6.42. The predicted octanol–water partition coefficient (Wildman–Crippen LogP) is 4.36. The molecule has 4 N–H and O–H groups in total. The molecule has 0 bridgehead atoms. The highest BCUT2D eigenvalue weighted by atomic mass is 35.5. The summed E-state index contributed by atoms with van der Waals surface area (Å²) in [6.07, 6.45) is 1.33. The van der Waals surface area contributed by atoms with Gasteiger partial charge in [-0.15, -0.1) is 0 Å². The number of benzene rings is 2. The number of hydrogen-bond donors (Lipinski definition) is 4. The fourth-order valence-corrected chi connectivity index (χ4v) is 4.08. The van der Waals surface area contributed by atoms with Gasteiger partial charge in [0.25, 0.3) is 0 Å². The van der Waals surface area contributed by atoms with Gasteiger partial charge in [-0.2, -0.15) is 0 Å². The maximum Gasteiger partial charge on any atom is 0.336 e. The molecule has 2 aromatic carbocycles. The molecule has 0 fully saturated rings. The smallest absolute Gasteiger partial charge is 0.336 e. The van der Waals surface area contributed by atoms with Crippen molar-refractivity contribution in [3.8, 4) is 11.5 Å². The van der Waals surface area contributed by atoms with E-state index in [1.807, 2.05) is 54.9 Å². The molecular formula is C28H30Cl2N2O9. The fourth-order valence-electron chi connectivity index (χ4n) is 3.76. The van der Waals surface area contributed by atoms with Crippen molar-refractivity contribution in [1.29, 1.82) is 0 Å². The van der Waals surface area contributed by atoms with Gasteiger partial charge in [0.15, 0.2) is 17.1 Å². The largest absolute Gasteiger partial charge is 0.493 e. The van der Waals surface area contributed by atoms with Crippen molar-refractivity contribution in [2.75, 3.05) is 14.2 Å². The SMILES string of the molecule is COc1ccc(CN(Cc2ccncc2)Cc2ccc(Cl)c(Cl)c2)cc1OC.O=C(O)CC(O)(CC(=O)O)C(=O)O. The number of aromatic nitrogens is 1. The summed E-state index contributed by atoms with van der Waals surface area (Å²) in [6.45, 7) is 2.24. The minimum absolute atomic E-state index is 0.561. The zero-order valence-corrected chi connectivity index (χ0v) is 23.8.